The third-order valence-electron chi connectivity index (χ3n) is 5.45. The molecule has 0 spiro atoms. The van der Waals surface area contributed by atoms with Crippen molar-refractivity contribution in [1.29, 1.82) is 5.41 Å². The lowest BCUT2D eigenvalue weighted by Crippen LogP contribution is -2.19. The first-order valence-corrected chi connectivity index (χ1v) is 10.0. The highest BCUT2D eigenvalue weighted by Gasteiger charge is 2.17. The van der Waals surface area contributed by atoms with E-state index in [2.05, 4.69) is 5.32 Å². The molecule has 0 bridgehead atoms. The maximum absolute atomic E-state index is 11.4. The molecule has 0 radical (unpaired) electrons. The molecule has 1 aromatic heterocycles. The van der Waals surface area contributed by atoms with E-state index in [0.717, 1.165) is 47.2 Å². The highest BCUT2D eigenvalue weighted by Crippen LogP contribution is 2.26. The van der Waals surface area contributed by atoms with Crippen LogP contribution in [0.1, 0.15) is 28.9 Å². The number of nitrogens with two attached hydrogens (primary N) is 1. The molecule has 4 rings (SSSR count). The van der Waals surface area contributed by atoms with Crippen LogP contribution in [0.3, 0.4) is 0 Å². The average Bonchev–Trinajstić information content (AvgIpc) is 3.36. The minimum absolute atomic E-state index is 0.0219. The maximum atomic E-state index is 11.4. The van der Waals surface area contributed by atoms with Crippen LogP contribution in [-0.4, -0.2) is 36.1 Å². The van der Waals surface area contributed by atoms with E-state index in [-0.39, 0.29) is 18.4 Å². The number of carboxylic acid groups (broad SMARTS) is 1. The summed E-state index contributed by atoms with van der Waals surface area (Å²) < 4.78 is 11.7. The van der Waals surface area contributed by atoms with Gasteiger partial charge in [0, 0.05) is 29.3 Å². The summed E-state index contributed by atoms with van der Waals surface area (Å²) in [4.78, 5) is 11.4. The monoisotopic (exact) mass is 407 g/mol. The van der Waals surface area contributed by atoms with E-state index in [0.29, 0.717) is 24.2 Å². The summed E-state index contributed by atoms with van der Waals surface area (Å²) >= 11 is 0. The van der Waals surface area contributed by atoms with Gasteiger partial charge in [0.05, 0.1) is 12.7 Å². The number of nitrogens with one attached hydrogen (secondary N) is 2. The van der Waals surface area contributed by atoms with Crippen molar-refractivity contribution in [3.05, 3.63) is 65.1 Å². The molecule has 1 aliphatic heterocycles. The van der Waals surface area contributed by atoms with Gasteiger partial charge in [0.15, 0.2) is 0 Å². The molecule has 1 aliphatic rings. The number of aryl methyl sites for hydroxylation is 2. The molecule has 2 aromatic carbocycles. The first-order valence-electron chi connectivity index (χ1n) is 10.0. The van der Waals surface area contributed by atoms with Crippen molar-refractivity contribution in [2.75, 3.05) is 13.1 Å². The molecule has 30 heavy (non-hydrogen) atoms. The Hall–Kier alpha value is -3.32. The molecule has 1 atom stereocenters. The summed E-state index contributed by atoms with van der Waals surface area (Å²) in [5, 5.41) is 22.0. The normalized spacial score (nSPS) is 16.1. The third kappa shape index (κ3) is 4.46. The first-order chi connectivity index (χ1) is 14.5. The molecule has 5 N–H and O–H groups in total. The van der Waals surface area contributed by atoms with Gasteiger partial charge in [-0.25, -0.2) is 0 Å². The number of carboxylic acids is 1. The van der Waals surface area contributed by atoms with Crippen molar-refractivity contribution in [2.45, 2.75) is 31.8 Å². The van der Waals surface area contributed by atoms with Gasteiger partial charge in [0.25, 0.3) is 0 Å². The quantitative estimate of drug-likeness (QED) is 0.336. The predicted molar refractivity (Wildman–Crippen MR) is 114 cm³/mol. The number of hydrogen-bond acceptors (Lipinski definition) is 5. The Morgan fingerprint density at radius 3 is 2.83 bits per heavy atom. The number of hydrogen-bond donors (Lipinski definition) is 4. The summed E-state index contributed by atoms with van der Waals surface area (Å²) in [6.07, 6.45) is 4.00. The highest BCUT2D eigenvalue weighted by molar-refractivity contribution is 5.99. The molecule has 0 unspecified atom stereocenters. The van der Waals surface area contributed by atoms with Gasteiger partial charge in [-0.1, -0.05) is 18.2 Å². The molecule has 0 aliphatic carbocycles. The summed E-state index contributed by atoms with van der Waals surface area (Å²) in [6, 6.07) is 11.3. The van der Waals surface area contributed by atoms with Crippen LogP contribution in [0.15, 0.2) is 47.1 Å². The van der Waals surface area contributed by atoms with Crippen molar-refractivity contribution in [1.82, 2.24) is 5.32 Å². The Balaban J connectivity index is 1.52. The molecule has 0 amide bonds. The van der Waals surface area contributed by atoms with Gasteiger partial charge < -0.3 is 25.3 Å². The number of rotatable bonds is 8. The molecule has 0 saturated carbocycles. The van der Waals surface area contributed by atoms with Crippen molar-refractivity contribution in [2.24, 2.45) is 5.73 Å². The number of furan rings is 1. The molecule has 1 saturated heterocycles. The molecule has 7 nitrogen and oxygen atoms in total. The maximum Gasteiger partial charge on any atom is 0.307 e. The van der Waals surface area contributed by atoms with E-state index in [1.807, 2.05) is 36.4 Å². The van der Waals surface area contributed by atoms with Crippen molar-refractivity contribution < 1.29 is 19.1 Å². The van der Waals surface area contributed by atoms with Crippen molar-refractivity contribution in [3.8, 4) is 5.75 Å². The fourth-order valence-electron chi connectivity index (χ4n) is 3.89. The molecule has 7 heteroatoms. The minimum Gasteiger partial charge on any atom is -0.489 e. The Morgan fingerprint density at radius 1 is 1.23 bits per heavy atom. The Labute approximate surface area is 174 Å². The van der Waals surface area contributed by atoms with Crippen molar-refractivity contribution in [3.63, 3.8) is 0 Å². The van der Waals surface area contributed by atoms with Gasteiger partial charge in [-0.05, 0) is 48.7 Å². The van der Waals surface area contributed by atoms with Crippen LogP contribution >= 0.6 is 0 Å². The van der Waals surface area contributed by atoms with E-state index in [1.165, 1.54) is 0 Å². The largest absolute Gasteiger partial charge is 0.489 e. The van der Waals surface area contributed by atoms with Crippen LogP contribution in [0, 0.1) is 5.41 Å². The molecule has 3 aromatic rings. The Kier molecular flexibility index (Phi) is 5.72. The number of nitrogen functional groups attached to an aromatic ring is 1. The van der Waals surface area contributed by atoms with Crippen LogP contribution in [0.5, 0.6) is 5.75 Å². The van der Waals surface area contributed by atoms with Crippen molar-refractivity contribution >= 4 is 22.6 Å². The van der Waals surface area contributed by atoms with E-state index in [9.17, 15) is 9.90 Å². The second kappa shape index (κ2) is 8.59. The summed E-state index contributed by atoms with van der Waals surface area (Å²) in [5.41, 5.74) is 7.95. The van der Waals surface area contributed by atoms with Crippen LogP contribution in [0.25, 0.3) is 10.8 Å². The smallest absolute Gasteiger partial charge is 0.307 e. The summed E-state index contributed by atoms with van der Waals surface area (Å²) in [5.74, 6) is 0.701. The number of benzene rings is 2. The summed E-state index contributed by atoms with van der Waals surface area (Å²) in [6.45, 7) is 1.75. The van der Waals surface area contributed by atoms with Gasteiger partial charge in [0.2, 0.25) is 0 Å². The second-order valence-corrected chi connectivity index (χ2v) is 7.61. The Morgan fingerprint density at radius 2 is 2.10 bits per heavy atom. The summed E-state index contributed by atoms with van der Waals surface area (Å²) in [7, 11) is 0. The number of ether oxygens (including phenoxy) is 1. The van der Waals surface area contributed by atoms with Gasteiger partial charge in [0.1, 0.15) is 23.4 Å². The van der Waals surface area contributed by atoms with Crippen LogP contribution < -0.4 is 15.8 Å². The average molecular weight is 407 g/mol. The van der Waals surface area contributed by atoms with E-state index in [4.69, 9.17) is 20.3 Å². The molecular weight excluding hydrogens is 382 g/mol. The second-order valence-electron chi connectivity index (χ2n) is 7.61. The van der Waals surface area contributed by atoms with E-state index >= 15 is 0 Å². The minimum atomic E-state index is -0.865. The molecule has 156 valence electrons. The van der Waals surface area contributed by atoms with Crippen LogP contribution in [0.2, 0.25) is 0 Å². The fraction of sp³-hybridized carbons (Fsp3) is 0.304. The van der Waals surface area contributed by atoms with Crippen LogP contribution in [0.4, 0.5) is 0 Å². The first kappa shape index (κ1) is 20.0. The zero-order valence-corrected chi connectivity index (χ0v) is 16.6. The third-order valence-corrected chi connectivity index (χ3v) is 5.45. The standard InChI is InChI=1S/C23H25N3O4/c24-23(25)15-2-5-20-17(9-15)13-29-21(20)6-3-14-1-4-18(10-16(14)11-22(27)28)30-19-7-8-26-12-19/h1-2,4-5,9-10,13,19,26H,3,6-8,11-12H2,(H3,24,25)(H,27,28)/t19-/m0/s1. The lowest BCUT2D eigenvalue weighted by Gasteiger charge is -2.15. The topological polar surface area (TPSA) is 122 Å². The Bertz CT molecular complexity index is 1080. The number of carbonyl (C=O) groups is 1. The van der Waals surface area contributed by atoms with Gasteiger partial charge in [-0.3, -0.25) is 10.2 Å². The van der Waals surface area contributed by atoms with E-state index in [1.54, 1.807) is 6.26 Å². The SMILES string of the molecule is N=C(N)c1ccc2c(CCc3ccc(O[C@H]4CCNC4)cc3CC(=O)O)occ2c1. The predicted octanol–water partition coefficient (Wildman–Crippen LogP) is 2.87. The zero-order valence-electron chi connectivity index (χ0n) is 16.6. The molecule has 1 fully saturated rings. The van der Waals surface area contributed by atoms with Gasteiger partial charge in [-0.15, -0.1) is 0 Å². The zero-order chi connectivity index (χ0) is 21.1. The number of aliphatic carboxylic acids is 1. The molecular formula is C23H25N3O4. The lowest BCUT2D eigenvalue weighted by atomic mass is 9.98. The van der Waals surface area contributed by atoms with E-state index < -0.39 is 5.97 Å². The lowest BCUT2D eigenvalue weighted by molar-refractivity contribution is -0.136. The van der Waals surface area contributed by atoms with Gasteiger partial charge >= 0.3 is 5.97 Å². The molecule has 2 heterocycles. The van der Waals surface area contributed by atoms with Crippen LogP contribution in [-0.2, 0) is 24.1 Å². The number of amidine groups is 1. The number of fused-ring (bicyclic) bond motifs is 1. The fourth-order valence-corrected chi connectivity index (χ4v) is 3.89. The van der Waals surface area contributed by atoms with Gasteiger partial charge in [-0.2, -0.15) is 0 Å². The highest BCUT2D eigenvalue weighted by atomic mass is 16.5.